The van der Waals surface area contributed by atoms with Crippen molar-refractivity contribution in [3.05, 3.63) is 57.8 Å². The Morgan fingerprint density at radius 3 is 3.00 bits per heavy atom. The van der Waals surface area contributed by atoms with Crippen LogP contribution in [-0.4, -0.2) is 40.5 Å². The SMILES string of the molecule is COC(=O)N1CCc2c(cncc2C(=O)Nc2ccc3[nH]c(=O)oc3c2)C1. The van der Waals surface area contributed by atoms with Crippen molar-refractivity contribution in [3.63, 3.8) is 0 Å². The number of fused-ring (bicyclic) bond motifs is 2. The van der Waals surface area contributed by atoms with Crippen molar-refractivity contribution in [2.75, 3.05) is 19.0 Å². The molecule has 0 aliphatic carbocycles. The second kappa shape index (κ2) is 6.60. The number of aromatic nitrogens is 2. The zero-order valence-electron chi connectivity index (χ0n) is 14.4. The quantitative estimate of drug-likeness (QED) is 0.713. The Morgan fingerprint density at radius 2 is 2.19 bits per heavy atom. The van der Waals surface area contributed by atoms with Crippen LogP contribution in [0.2, 0.25) is 0 Å². The van der Waals surface area contributed by atoms with Gasteiger partial charge in [0.15, 0.2) is 5.58 Å². The number of methoxy groups -OCH3 is 1. The topological polar surface area (TPSA) is 118 Å². The van der Waals surface area contributed by atoms with Crippen LogP contribution in [0.25, 0.3) is 11.1 Å². The zero-order chi connectivity index (χ0) is 19.0. The van der Waals surface area contributed by atoms with E-state index in [1.807, 2.05) is 0 Å². The molecule has 2 amide bonds. The summed E-state index contributed by atoms with van der Waals surface area (Å²) in [7, 11) is 1.34. The van der Waals surface area contributed by atoms with Crippen LogP contribution >= 0.6 is 0 Å². The average molecular weight is 368 g/mol. The Kier molecular flexibility index (Phi) is 4.11. The number of carbonyl (C=O) groups is 2. The minimum Gasteiger partial charge on any atom is -0.453 e. The van der Waals surface area contributed by atoms with Gasteiger partial charge < -0.3 is 19.4 Å². The van der Waals surface area contributed by atoms with E-state index < -0.39 is 11.8 Å². The van der Waals surface area contributed by atoms with E-state index in [-0.39, 0.29) is 5.91 Å². The number of ether oxygens (including phenoxy) is 1. The summed E-state index contributed by atoms with van der Waals surface area (Å²) >= 11 is 0. The number of anilines is 1. The first-order valence-corrected chi connectivity index (χ1v) is 8.28. The smallest absolute Gasteiger partial charge is 0.417 e. The summed E-state index contributed by atoms with van der Waals surface area (Å²) in [5, 5.41) is 2.79. The van der Waals surface area contributed by atoms with E-state index in [1.165, 1.54) is 13.3 Å². The van der Waals surface area contributed by atoms with Crippen molar-refractivity contribution in [1.82, 2.24) is 14.9 Å². The van der Waals surface area contributed by atoms with Crippen molar-refractivity contribution in [3.8, 4) is 0 Å². The Bertz CT molecular complexity index is 1100. The fraction of sp³-hybridized carbons (Fsp3) is 0.222. The van der Waals surface area contributed by atoms with Crippen LogP contribution in [0.3, 0.4) is 0 Å². The molecule has 3 heterocycles. The van der Waals surface area contributed by atoms with E-state index in [4.69, 9.17) is 9.15 Å². The average Bonchev–Trinajstić information content (AvgIpc) is 3.05. The Balaban J connectivity index is 1.59. The van der Waals surface area contributed by atoms with Gasteiger partial charge in [-0.25, -0.2) is 9.59 Å². The molecular weight excluding hydrogens is 352 g/mol. The van der Waals surface area contributed by atoms with E-state index in [0.717, 1.165) is 11.1 Å². The van der Waals surface area contributed by atoms with Gasteiger partial charge in [0.05, 0.1) is 24.7 Å². The summed E-state index contributed by atoms with van der Waals surface area (Å²) in [5.41, 5.74) is 3.54. The number of benzene rings is 1. The molecule has 3 aromatic rings. The van der Waals surface area contributed by atoms with E-state index in [0.29, 0.717) is 41.9 Å². The number of oxazole rings is 1. The normalized spacial score (nSPS) is 13.3. The molecule has 0 spiro atoms. The first kappa shape index (κ1) is 16.8. The van der Waals surface area contributed by atoms with E-state index in [1.54, 1.807) is 29.3 Å². The van der Waals surface area contributed by atoms with Gasteiger partial charge in [0.1, 0.15) is 0 Å². The number of carbonyl (C=O) groups excluding carboxylic acids is 2. The number of hydrogen-bond acceptors (Lipinski definition) is 6. The molecule has 4 rings (SSSR count). The molecular formula is C18H16N4O5. The number of nitrogens with one attached hydrogen (secondary N) is 2. The van der Waals surface area contributed by atoms with Gasteiger partial charge in [0, 0.05) is 30.7 Å². The van der Waals surface area contributed by atoms with Crippen molar-refractivity contribution < 1.29 is 18.7 Å². The second-order valence-corrected chi connectivity index (χ2v) is 6.15. The molecule has 138 valence electrons. The lowest BCUT2D eigenvalue weighted by atomic mass is 9.97. The van der Waals surface area contributed by atoms with Gasteiger partial charge in [-0.1, -0.05) is 0 Å². The van der Waals surface area contributed by atoms with Crippen molar-refractivity contribution in [2.45, 2.75) is 13.0 Å². The van der Waals surface area contributed by atoms with Gasteiger partial charge in [-0.3, -0.25) is 14.8 Å². The maximum absolute atomic E-state index is 12.7. The van der Waals surface area contributed by atoms with Crippen molar-refractivity contribution in [2.24, 2.45) is 0 Å². The van der Waals surface area contributed by atoms with Crippen LogP contribution in [-0.2, 0) is 17.7 Å². The highest BCUT2D eigenvalue weighted by atomic mass is 16.5. The summed E-state index contributed by atoms with van der Waals surface area (Å²) in [4.78, 5) is 43.9. The molecule has 0 fully saturated rings. The van der Waals surface area contributed by atoms with Crippen molar-refractivity contribution in [1.29, 1.82) is 0 Å². The molecule has 0 unspecified atom stereocenters. The molecule has 0 saturated carbocycles. The predicted octanol–water partition coefficient (Wildman–Crippen LogP) is 1.89. The summed E-state index contributed by atoms with van der Waals surface area (Å²) in [6, 6.07) is 4.91. The van der Waals surface area contributed by atoms with Gasteiger partial charge in [0.25, 0.3) is 5.91 Å². The highest BCUT2D eigenvalue weighted by molar-refractivity contribution is 6.06. The van der Waals surface area contributed by atoms with Crippen molar-refractivity contribution >= 4 is 28.8 Å². The number of pyridine rings is 1. The first-order valence-electron chi connectivity index (χ1n) is 8.28. The molecule has 9 nitrogen and oxygen atoms in total. The Morgan fingerprint density at radius 1 is 1.33 bits per heavy atom. The molecule has 0 bridgehead atoms. The highest BCUT2D eigenvalue weighted by Crippen LogP contribution is 2.23. The van der Waals surface area contributed by atoms with Crippen LogP contribution in [0.1, 0.15) is 21.5 Å². The fourth-order valence-corrected chi connectivity index (χ4v) is 3.20. The molecule has 1 aliphatic rings. The molecule has 2 aromatic heterocycles. The molecule has 1 aliphatic heterocycles. The number of hydrogen-bond donors (Lipinski definition) is 2. The molecule has 1 aromatic carbocycles. The number of aromatic amines is 1. The lowest BCUT2D eigenvalue weighted by molar-refractivity contribution is 0.102. The third-order valence-electron chi connectivity index (χ3n) is 4.50. The maximum atomic E-state index is 12.7. The predicted molar refractivity (Wildman–Crippen MR) is 95.5 cm³/mol. The van der Waals surface area contributed by atoms with Crippen LogP contribution in [0, 0.1) is 0 Å². The van der Waals surface area contributed by atoms with Gasteiger partial charge in [-0.15, -0.1) is 0 Å². The second-order valence-electron chi connectivity index (χ2n) is 6.15. The fourth-order valence-electron chi connectivity index (χ4n) is 3.20. The third kappa shape index (κ3) is 3.14. The standard InChI is InChI=1S/C18H16N4O5/c1-26-18(25)22-5-4-12-10(9-22)7-19-8-13(12)16(23)20-11-2-3-14-15(6-11)27-17(24)21-14/h2-3,6-8H,4-5,9H2,1H3,(H,20,23)(H,21,24). The highest BCUT2D eigenvalue weighted by Gasteiger charge is 2.25. The number of rotatable bonds is 2. The van der Waals surface area contributed by atoms with Gasteiger partial charge >= 0.3 is 11.8 Å². The molecule has 2 N–H and O–H groups in total. The monoisotopic (exact) mass is 368 g/mol. The van der Waals surface area contributed by atoms with E-state index >= 15 is 0 Å². The van der Waals surface area contributed by atoms with Crippen LogP contribution < -0.4 is 11.1 Å². The zero-order valence-corrected chi connectivity index (χ0v) is 14.4. The van der Waals surface area contributed by atoms with E-state index in [9.17, 15) is 14.4 Å². The first-order chi connectivity index (χ1) is 13.0. The third-order valence-corrected chi connectivity index (χ3v) is 4.50. The molecule has 27 heavy (non-hydrogen) atoms. The van der Waals surface area contributed by atoms with Crippen LogP contribution in [0.4, 0.5) is 10.5 Å². The van der Waals surface area contributed by atoms with Gasteiger partial charge in [0.2, 0.25) is 0 Å². The minimum atomic E-state index is -0.551. The molecule has 0 radical (unpaired) electrons. The largest absolute Gasteiger partial charge is 0.453 e. The van der Waals surface area contributed by atoms with Crippen LogP contribution in [0.15, 0.2) is 39.8 Å². The number of nitrogens with zero attached hydrogens (tertiary/aromatic N) is 2. The Hall–Kier alpha value is -3.62. The number of H-pyrrole nitrogens is 1. The van der Waals surface area contributed by atoms with Gasteiger partial charge in [-0.05, 0) is 29.7 Å². The lowest BCUT2D eigenvalue weighted by Crippen LogP contribution is -2.36. The lowest BCUT2D eigenvalue weighted by Gasteiger charge is -2.28. The maximum Gasteiger partial charge on any atom is 0.417 e. The summed E-state index contributed by atoms with van der Waals surface area (Å²) in [6.07, 6.45) is 3.29. The van der Waals surface area contributed by atoms with Crippen LogP contribution in [0.5, 0.6) is 0 Å². The molecule has 0 saturated heterocycles. The summed E-state index contributed by atoms with van der Waals surface area (Å²) < 4.78 is 9.76. The summed E-state index contributed by atoms with van der Waals surface area (Å²) in [5.74, 6) is -0.868. The number of amides is 2. The van der Waals surface area contributed by atoms with E-state index in [2.05, 4.69) is 15.3 Å². The van der Waals surface area contributed by atoms with Gasteiger partial charge in [-0.2, -0.15) is 0 Å². The molecule has 0 atom stereocenters. The minimum absolute atomic E-state index is 0.317. The summed E-state index contributed by atoms with van der Waals surface area (Å²) in [6.45, 7) is 0.807. The molecule has 9 heteroatoms. The Labute approximate surface area is 152 Å².